The fourth-order valence-electron chi connectivity index (χ4n) is 3.71. The lowest BCUT2D eigenvalue weighted by atomic mass is 9.95. The molecule has 0 aliphatic carbocycles. The summed E-state index contributed by atoms with van der Waals surface area (Å²) in [6, 6.07) is 8.42. The van der Waals surface area contributed by atoms with Crippen molar-refractivity contribution in [2.24, 2.45) is 0 Å². The van der Waals surface area contributed by atoms with Crippen LogP contribution in [0.25, 0.3) is 10.9 Å². The van der Waals surface area contributed by atoms with Gasteiger partial charge in [0.25, 0.3) is 0 Å². The summed E-state index contributed by atoms with van der Waals surface area (Å²) in [6.45, 7) is 3.67. The highest BCUT2D eigenvalue weighted by atomic mass is 16.2. The van der Waals surface area contributed by atoms with Gasteiger partial charge in [-0.15, -0.1) is 0 Å². The van der Waals surface area contributed by atoms with E-state index in [1.165, 1.54) is 10.9 Å². The van der Waals surface area contributed by atoms with Crippen molar-refractivity contribution < 1.29 is 4.79 Å². The number of aryl methyl sites for hydroxylation is 2. The van der Waals surface area contributed by atoms with Gasteiger partial charge in [-0.2, -0.15) is 5.10 Å². The van der Waals surface area contributed by atoms with E-state index in [1.54, 1.807) is 0 Å². The van der Waals surface area contributed by atoms with E-state index < -0.39 is 0 Å². The van der Waals surface area contributed by atoms with Gasteiger partial charge in [0, 0.05) is 43.6 Å². The Balaban J connectivity index is 1.29. The van der Waals surface area contributed by atoms with Crippen LogP contribution in [0.15, 0.2) is 30.5 Å². The molecule has 3 aromatic rings. The Labute approximate surface area is 153 Å². The maximum Gasteiger partial charge on any atom is 0.222 e. The lowest BCUT2D eigenvalue weighted by molar-refractivity contribution is -0.132. The number of fused-ring (bicyclic) bond motifs is 1. The lowest BCUT2D eigenvalue weighted by Gasteiger charge is -2.31. The third-order valence-electron chi connectivity index (χ3n) is 5.34. The third-order valence-corrected chi connectivity index (χ3v) is 5.34. The van der Waals surface area contributed by atoms with E-state index in [2.05, 4.69) is 51.4 Å². The van der Waals surface area contributed by atoms with Crippen molar-refractivity contribution in [3.8, 4) is 0 Å². The Morgan fingerprint density at radius 1 is 1.27 bits per heavy atom. The number of hydrogen-bond acceptors (Lipinski definition) is 3. The van der Waals surface area contributed by atoms with Crippen LogP contribution < -0.4 is 0 Å². The Morgan fingerprint density at radius 2 is 2.12 bits per heavy atom. The summed E-state index contributed by atoms with van der Waals surface area (Å²) in [5, 5.41) is 8.53. The van der Waals surface area contributed by atoms with Crippen molar-refractivity contribution in [1.29, 1.82) is 0 Å². The Kier molecular flexibility index (Phi) is 4.73. The van der Waals surface area contributed by atoms with Crippen LogP contribution in [0.2, 0.25) is 0 Å². The second-order valence-corrected chi connectivity index (χ2v) is 7.05. The van der Waals surface area contributed by atoms with Crippen LogP contribution in [0.4, 0.5) is 0 Å². The van der Waals surface area contributed by atoms with Crippen molar-refractivity contribution in [2.75, 3.05) is 13.1 Å². The monoisotopic (exact) mass is 351 g/mol. The van der Waals surface area contributed by atoms with Crippen molar-refractivity contribution in [1.82, 2.24) is 25.1 Å². The van der Waals surface area contributed by atoms with Crippen LogP contribution in [0.1, 0.15) is 49.3 Å². The van der Waals surface area contributed by atoms with E-state index in [4.69, 9.17) is 0 Å². The van der Waals surface area contributed by atoms with Crippen molar-refractivity contribution in [2.45, 2.75) is 44.9 Å². The van der Waals surface area contributed by atoms with E-state index in [1.807, 2.05) is 11.1 Å². The Bertz CT molecular complexity index is 888. The molecule has 4 rings (SSSR count). The molecule has 3 heterocycles. The zero-order valence-electron chi connectivity index (χ0n) is 15.2. The van der Waals surface area contributed by atoms with Crippen LogP contribution in [0.3, 0.4) is 0 Å². The SMILES string of the molecule is CCc1nc(C2CCN(C(=O)CCc3ccc4[nH]ccc4c3)CC2)n[nH]1. The number of benzene rings is 1. The molecule has 1 fully saturated rings. The molecule has 1 aromatic carbocycles. The molecule has 0 bridgehead atoms. The minimum absolute atomic E-state index is 0.252. The molecule has 0 unspecified atom stereocenters. The van der Waals surface area contributed by atoms with Gasteiger partial charge in [-0.1, -0.05) is 13.0 Å². The summed E-state index contributed by atoms with van der Waals surface area (Å²) in [4.78, 5) is 22.3. The minimum atomic E-state index is 0.252. The number of aromatic amines is 2. The molecule has 6 heteroatoms. The Morgan fingerprint density at radius 3 is 2.88 bits per heavy atom. The van der Waals surface area contributed by atoms with Crippen LogP contribution in [0, 0.1) is 0 Å². The predicted octanol–water partition coefficient (Wildman–Crippen LogP) is 3.19. The molecule has 136 valence electrons. The van der Waals surface area contributed by atoms with Gasteiger partial charge in [-0.05, 0) is 48.4 Å². The van der Waals surface area contributed by atoms with E-state index in [0.717, 1.165) is 55.9 Å². The number of rotatable bonds is 5. The van der Waals surface area contributed by atoms with Gasteiger partial charge in [-0.3, -0.25) is 9.89 Å². The molecule has 0 saturated carbocycles. The number of nitrogens with zero attached hydrogens (tertiary/aromatic N) is 3. The molecule has 0 spiro atoms. The molecular formula is C20H25N5O. The number of carbonyl (C=O) groups excluding carboxylic acids is 1. The number of likely N-dealkylation sites (tertiary alicyclic amines) is 1. The second-order valence-electron chi connectivity index (χ2n) is 7.05. The summed E-state index contributed by atoms with van der Waals surface area (Å²) >= 11 is 0. The van der Waals surface area contributed by atoms with Crippen LogP contribution in [-0.2, 0) is 17.6 Å². The fraction of sp³-hybridized carbons (Fsp3) is 0.450. The zero-order chi connectivity index (χ0) is 17.9. The number of nitrogens with one attached hydrogen (secondary N) is 2. The number of amides is 1. The number of piperidine rings is 1. The standard InChI is InChI=1S/C20H25N5O/c1-2-18-22-20(24-23-18)15-8-11-25(12-9-15)19(26)6-4-14-3-5-17-16(13-14)7-10-21-17/h3,5,7,10,13,15,21H,2,4,6,8-9,11-12H2,1H3,(H,22,23,24). The highest BCUT2D eigenvalue weighted by Gasteiger charge is 2.26. The molecule has 1 amide bonds. The first-order valence-electron chi connectivity index (χ1n) is 9.48. The van der Waals surface area contributed by atoms with Gasteiger partial charge in [-0.25, -0.2) is 4.98 Å². The predicted molar refractivity (Wildman–Crippen MR) is 101 cm³/mol. The van der Waals surface area contributed by atoms with Crippen molar-refractivity contribution >= 4 is 16.8 Å². The normalized spacial score (nSPS) is 15.7. The fourth-order valence-corrected chi connectivity index (χ4v) is 3.71. The highest BCUT2D eigenvalue weighted by Crippen LogP contribution is 2.26. The third kappa shape index (κ3) is 3.49. The number of aromatic nitrogens is 4. The van der Waals surface area contributed by atoms with E-state index in [-0.39, 0.29) is 5.91 Å². The summed E-state index contributed by atoms with van der Waals surface area (Å²) < 4.78 is 0. The van der Waals surface area contributed by atoms with Gasteiger partial charge in [0.15, 0.2) is 5.82 Å². The Hall–Kier alpha value is -2.63. The van der Waals surface area contributed by atoms with Crippen LogP contribution >= 0.6 is 0 Å². The van der Waals surface area contributed by atoms with E-state index in [9.17, 15) is 4.79 Å². The molecule has 1 aliphatic rings. The first-order valence-corrected chi connectivity index (χ1v) is 9.48. The van der Waals surface area contributed by atoms with Crippen LogP contribution in [0.5, 0.6) is 0 Å². The summed E-state index contributed by atoms with van der Waals surface area (Å²) in [5.41, 5.74) is 2.36. The maximum atomic E-state index is 12.6. The molecule has 2 N–H and O–H groups in total. The first kappa shape index (κ1) is 16.8. The molecule has 0 atom stereocenters. The summed E-state index contributed by atoms with van der Waals surface area (Å²) in [7, 11) is 0. The zero-order valence-corrected chi connectivity index (χ0v) is 15.2. The average molecular weight is 351 g/mol. The molecule has 26 heavy (non-hydrogen) atoms. The largest absolute Gasteiger partial charge is 0.361 e. The lowest BCUT2D eigenvalue weighted by Crippen LogP contribution is -2.38. The molecule has 2 aromatic heterocycles. The van der Waals surface area contributed by atoms with Gasteiger partial charge < -0.3 is 9.88 Å². The summed E-state index contributed by atoms with van der Waals surface area (Å²) in [6.07, 6.45) is 6.08. The van der Waals surface area contributed by atoms with Gasteiger partial charge in [0.1, 0.15) is 5.82 Å². The second kappa shape index (κ2) is 7.32. The van der Waals surface area contributed by atoms with Crippen LogP contribution in [-0.4, -0.2) is 44.1 Å². The quantitative estimate of drug-likeness (QED) is 0.741. The minimum Gasteiger partial charge on any atom is -0.361 e. The number of H-pyrrole nitrogens is 2. The topological polar surface area (TPSA) is 77.7 Å². The highest BCUT2D eigenvalue weighted by molar-refractivity contribution is 5.80. The van der Waals surface area contributed by atoms with Gasteiger partial charge >= 0.3 is 0 Å². The number of hydrogen-bond donors (Lipinski definition) is 2. The smallest absolute Gasteiger partial charge is 0.222 e. The molecule has 1 saturated heterocycles. The molecule has 1 aliphatic heterocycles. The number of carbonyl (C=O) groups is 1. The van der Waals surface area contributed by atoms with Gasteiger partial charge in [0.2, 0.25) is 5.91 Å². The van der Waals surface area contributed by atoms with Crippen molar-refractivity contribution in [3.05, 3.63) is 47.7 Å². The van der Waals surface area contributed by atoms with E-state index in [0.29, 0.717) is 12.3 Å². The van der Waals surface area contributed by atoms with E-state index >= 15 is 0 Å². The maximum absolute atomic E-state index is 12.6. The van der Waals surface area contributed by atoms with Gasteiger partial charge in [0.05, 0.1) is 0 Å². The molecule has 6 nitrogen and oxygen atoms in total. The average Bonchev–Trinajstić information content (AvgIpc) is 3.35. The van der Waals surface area contributed by atoms with Crippen molar-refractivity contribution in [3.63, 3.8) is 0 Å². The first-order chi connectivity index (χ1) is 12.7. The molecular weight excluding hydrogens is 326 g/mol. The summed E-state index contributed by atoms with van der Waals surface area (Å²) in [5.74, 6) is 2.47. The molecule has 0 radical (unpaired) electrons.